The molecule has 0 bridgehead atoms. The van der Waals surface area contributed by atoms with Crippen LogP contribution in [0, 0.1) is 19.8 Å². The van der Waals surface area contributed by atoms with E-state index in [-0.39, 0.29) is 18.9 Å². The van der Waals surface area contributed by atoms with Crippen LogP contribution in [0.2, 0.25) is 0 Å². The van der Waals surface area contributed by atoms with Crippen molar-refractivity contribution in [2.24, 2.45) is 5.92 Å². The summed E-state index contributed by atoms with van der Waals surface area (Å²) in [6.45, 7) is 6.69. The molecule has 1 saturated heterocycles. The first-order valence-electron chi connectivity index (χ1n) is 8.41. The molecule has 2 aromatic carbocycles. The molecular weight excluding hydrogens is 306 g/mol. The van der Waals surface area contributed by atoms with E-state index < -0.39 is 5.92 Å². The number of halogens is 2. The molecular formula is C20H24F2N2. The van der Waals surface area contributed by atoms with Crippen LogP contribution in [0.15, 0.2) is 36.4 Å². The quantitative estimate of drug-likeness (QED) is 0.583. The molecule has 1 unspecified atom stereocenters. The molecule has 0 aliphatic carbocycles. The van der Waals surface area contributed by atoms with Crippen LogP contribution in [-0.2, 0) is 0 Å². The summed E-state index contributed by atoms with van der Waals surface area (Å²) in [6.07, 6.45) is 0.0417. The number of nitrogens with one attached hydrogen (secondary N) is 2. The molecule has 24 heavy (non-hydrogen) atoms. The van der Waals surface area contributed by atoms with E-state index in [2.05, 4.69) is 60.5 Å². The Morgan fingerprint density at radius 1 is 0.958 bits per heavy atom. The minimum atomic E-state index is -2.46. The first kappa shape index (κ1) is 16.9. The van der Waals surface area contributed by atoms with Crippen LogP contribution in [0.25, 0.3) is 21.8 Å². The molecule has 3 aromatic rings. The van der Waals surface area contributed by atoms with Gasteiger partial charge in [0.1, 0.15) is 0 Å². The molecule has 1 atom stereocenters. The number of benzene rings is 2. The summed E-state index contributed by atoms with van der Waals surface area (Å²) >= 11 is 0. The van der Waals surface area contributed by atoms with Crippen molar-refractivity contribution in [3.8, 4) is 0 Å². The number of aromatic nitrogens is 1. The Kier molecular flexibility index (Phi) is 4.59. The number of fused-ring (bicyclic) bond motifs is 3. The van der Waals surface area contributed by atoms with Crippen LogP contribution in [0.4, 0.5) is 8.78 Å². The van der Waals surface area contributed by atoms with E-state index in [9.17, 15) is 8.78 Å². The average molecular weight is 330 g/mol. The zero-order chi connectivity index (χ0) is 17.3. The summed E-state index contributed by atoms with van der Waals surface area (Å²) in [7, 11) is 0. The van der Waals surface area contributed by atoms with E-state index >= 15 is 0 Å². The van der Waals surface area contributed by atoms with Crippen molar-refractivity contribution in [2.75, 3.05) is 13.1 Å². The van der Waals surface area contributed by atoms with Crippen molar-refractivity contribution in [1.29, 1.82) is 0 Å². The molecule has 0 spiro atoms. The van der Waals surface area contributed by atoms with Gasteiger partial charge < -0.3 is 10.3 Å². The van der Waals surface area contributed by atoms with Crippen LogP contribution in [0.1, 0.15) is 24.5 Å². The third kappa shape index (κ3) is 3.75. The molecule has 1 aromatic heterocycles. The van der Waals surface area contributed by atoms with Crippen molar-refractivity contribution in [3.05, 3.63) is 47.5 Å². The lowest BCUT2D eigenvalue weighted by atomic mass is 9.99. The number of piperidine rings is 1. The van der Waals surface area contributed by atoms with Gasteiger partial charge in [-0.05, 0) is 50.6 Å². The molecule has 1 fully saturated rings. The lowest BCUT2D eigenvalue weighted by Gasteiger charge is -2.26. The zero-order valence-corrected chi connectivity index (χ0v) is 14.4. The predicted molar refractivity (Wildman–Crippen MR) is 96.9 cm³/mol. The standard InChI is InChI=1S/C14H13N.C6H11F2N/c1-9-3-5-13-11(7-9)12-8-10(2)4-6-14(12)15-13;1-5-2-6(7,8)4-9-3-5/h3-8,15H,1-2H3;5,9H,2-4H2,1H3. The maximum atomic E-state index is 12.4. The topological polar surface area (TPSA) is 27.8 Å². The molecule has 4 heteroatoms. The summed E-state index contributed by atoms with van der Waals surface area (Å²) in [5.41, 5.74) is 5.07. The van der Waals surface area contributed by atoms with Gasteiger partial charge in [-0.15, -0.1) is 0 Å². The van der Waals surface area contributed by atoms with E-state index in [0.29, 0.717) is 0 Å². The van der Waals surface area contributed by atoms with E-state index in [1.165, 1.54) is 32.9 Å². The van der Waals surface area contributed by atoms with Crippen molar-refractivity contribution in [1.82, 2.24) is 10.3 Å². The number of hydrogen-bond acceptors (Lipinski definition) is 1. The molecule has 1 aliphatic rings. The van der Waals surface area contributed by atoms with Crippen LogP contribution in [0.3, 0.4) is 0 Å². The monoisotopic (exact) mass is 330 g/mol. The van der Waals surface area contributed by atoms with Crippen molar-refractivity contribution < 1.29 is 8.78 Å². The van der Waals surface area contributed by atoms with Gasteiger partial charge in [-0.1, -0.05) is 30.2 Å². The van der Waals surface area contributed by atoms with Gasteiger partial charge in [-0.25, -0.2) is 8.78 Å². The fourth-order valence-corrected chi connectivity index (χ4v) is 3.28. The van der Waals surface area contributed by atoms with Crippen LogP contribution in [0.5, 0.6) is 0 Å². The number of rotatable bonds is 0. The highest BCUT2D eigenvalue weighted by Crippen LogP contribution is 2.27. The number of H-pyrrole nitrogens is 1. The van der Waals surface area contributed by atoms with E-state index in [4.69, 9.17) is 0 Å². The second kappa shape index (κ2) is 6.52. The number of hydrogen-bond donors (Lipinski definition) is 2. The second-order valence-corrected chi connectivity index (χ2v) is 7.02. The average Bonchev–Trinajstić information content (AvgIpc) is 2.84. The molecule has 4 rings (SSSR count). The number of aromatic amines is 1. The Bertz CT molecular complexity index is 795. The minimum Gasteiger partial charge on any atom is -0.355 e. The second-order valence-electron chi connectivity index (χ2n) is 7.02. The highest BCUT2D eigenvalue weighted by atomic mass is 19.3. The van der Waals surface area contributed by atoms with Crippen LogP contribution in [-0.4, -0.2) is 24.0 Å². The molecule has 128 valence electrons. The van der Waals surface area contributed by atoms with Gasteiger partial charge in [0.2, 0.25) is 0 Å². The van der Waals surface area contributed by atoms with Crippen molar-refractivity contribution in [2.45, 2.75) is 33.1 Å². The van der Waals surface area contributed by atoms with Gasteiger partial charge in [-0.2, -0.15) is 0 Å². The number of aryl methyl sites for hydroxylation is 2. The molecule has 2 N–H and O–H groups in total. The summed E-state index contributed by atoms with van der Waals surface area (Å²) in [5.74, 6) is -2.34. The first-order valence-corrected chi connectivity index (χ1v) is 8.41. The fourth-order valence-electron chi connectivity index (χ4n) is 3.28. The van der Waals surface area contributed by atoms with Crippen LogP contribution >= 0.6 is 0 Å². The lowest BCUT2D eigenvalue weighted by Crippen LogP contribution is -2.42. The SMILES string of the molecule is CC1CNCC(F)(F)C1.Cc1ccc2[nH]c3ccc(C)cc3c2c1. The van der Waals surface area contributed by atoms with E-state index in [1.54, 1.807) is 0 Å². The largest absolute Gasteiger partial charge is 0.355 e. The van der Waals surface area contributed by atoms with E-state index in [1.807, 2.05) is 6.92 Å². The summed E-state index contributed by atoms with van der Waals surface area (Å²) in [6, 6.07) is 13.1. The van der Waals surface area contributed by atoms with Gasteiger partial charge in [0.15, 0.2) is 0 Å². The Morgan fingerprint density at radius 3 is 1.92 bits per heavy atom. The molecule has 0 radical (unpaired) electrons. The number of alkyl halides is 2. The highest BCUT2D eigenvalue weighted by molar-refractivity contribution is 6.07. The molecule has 0 saturated carbocycles. The Morgan fingerprint density at radius 2 is 1.50 bits per heavy atom. The summed E-state index contributed by atoms with van der Waals surface area (Å²) < 4.78 is 24.8. The minimum absolute atomic E-state index is 0.0417. The van der Waals surface area contributed by atoms with Crippen molar-refractivity contribution >= 4 is 21.8 Å². The smallest absolute Gasteiger partial charge is 0.260 e. The van der Waals surface area contributed by atoms with E-state index in [0.717, 1.165) is 6.54 Å². The Labute approximate surface area is 141 Å². The third-order valence-electron chi connectivity index (χ3n) is 4.43. The highest BCUT2D eigenvalue weighted by Gasteiger charge is 2.33. The Balaban J connectivity index is 0.000000162. The Hall–Kier alpha value is -1.94. The maximum absolute atomic E-state index is 12.4. The molecule has 2 heterocycles. The fraction of sp³-hybridized carbons (Fsp3) is 0.400. The normalized spacial score (nSPS) is 20.0. The molecule has 2 nitrogen and oxygen atoms in total. The van der Waals surface area contributed by atoms with Gasteiger partial charge in [0.25, 0.3) is 5.92 Å². The maximum Gasteiger partial charge on any atom is 0.260 e. The molecule has 0 amide bonds. The first-order chi connectivity index (χ1) is 11.3. The van der Waals surface area contributed by atoms with Gasteiger partial charge >= 0.3 is 0 Å². The molecule has 1 aliphatic heterocycles. The van der Waals surface area contributed by atoms with Crippen molar-refractivity contribution in [3.63, 3.8) is 0 Å². The summed E-state index contributed by atoms with van der Waals surface area (Å²) in [5, 5.41) is 5.33. The predicted octanol–water partition coefficient (Wildman–Crippen LogP) is 5.19. The zero-order valence-electron chi connectivity index (χ0n) is 14.4. The summed E-state index contributed by atoms with van der Waals surface area (Å²) in [4.78, 5) is 3.43. The van der Waals surface area contributed by atoms with Gasteiger partial charge in [-0.3, -0.25) is 0 Å². The lowest BCUT2D eigenvalue weighted by molar-refractivity contribution is -0.0362. The van der Waals surface area contributed by atoms with Crippen LogP contribution < -0.4 is 5.32 Å². The third-order valence-corrected chi connectivity index (χ3v) is 4.43. The van der Waals surface area contributed by atoms with Gasteiger partial charge in [0.05, 0.1) is 6.54 Å². The van der Waals surface area contributed by atoms with Gasteiger partial charge in [0, 0.05) is 28.2 Å².